The summed E-state index contributed by atoms with van der Waals surface area (Å²) in [5.74, 6) is -0.662. The first-order valence-corrected chi connectivity index (χ1v) is 9.14. The maximum Gasteiger partial charge on any atom is 0.261 e. The molecule has 0 amide bonds. The van der Waals surface area contributed by atoms with Gasteiger partial charge in [-0.05, 0) is 24.3 Å². The number of pyridine rings is 1. The molecule has 2 aromatic carbocycles. The molecule has 1 aliphatic heterocycles. The normalized spacial score (nSPS) is 14.8. The number of hydrogen-bond acceptors (Lipinski definition) is 5. The monoisotopic (exact) mass is 397 g/mol. The number of nitrogens with two attached hydrogens (primary N) is 1. The van der Waals surface area contributed by atoms with Gasteiger partial charge in [-0.1, -0.05) is 0 Å². The molecule has 3 heterocycles. The highest BCUT2D eigenvalue weighted by molar-refractivity contribution is 5.98. The number of nitrogens with one attached hydrogen (secondary N) is 2. The molecule has 148 valence electrons. The van der Waals surface area contributed by atoms with E-state index >= 15 is 0 Å². The van der Waals surface area contributed by atoms with Crippen LogP contribution in [0.4, 0.5) is 20.2 Å². The van der Waals surface area contributed by atoms with Crippen molar-refractivity contribution in [1.29, 1.82) is 0 Å². The first-order chi connectivity index (χ1) is 14.0. The fourth-order valence-corrected chi connectivity index (χ4v) is 3.71. The molecular formula is C20H17F2N5O2. The number of hydrogen-bond donors (Lipinski definition) is 3. The summed E-state index contributed by atoms with van der Waals surface area (Å²) in [5.41, 5.74) is 7.71. The van der Waals surface area contributed by atoms with Crippen molar-refractivity contribution in [3.05, 3.63) is 52.3 Å². The lowest BCUT2D eigenvalue weighted by Gasteiger charge is -2.29. The van der Waals surface area contributed by atoms with Gasteiger partial charge in [0.1, 0.15) is 23.0 Å². The van der Waals surface area contributed by atoms with Gasteiger partial charge in [-0.3, -0.25) is 4.79 Å². The van der Waals surface area contributed by atoms with Gasteiger partial charge < -0.3 is 25.3 Å². The van der Waals surface area contributed by atoms with E-state index in [1.807, 2.05) is 4.90 Å². The Labute approximate surface area is 163 Å². The van der Waals surface area contributed by atoms with Gasteiger partial charge in [0.2, 0.25) is 0 Å². The van der Waals surface area contributed by atoms with Crippen LogP contribution in [0.3, 0.4) is 0 Å². The van der Waals surface area contributed by atoms with Crippen LogP contribution in [0.1, 0.15) is 0 Å². The Balaban J connectivity index is 1.67. The maximum absolute atomic E-state index is 14.7. The summed E-state index contributed by atoms with van der Waals surface area (Å²) in [6.45, 7) is 2.23. The lowest BCUT2D eigenvalue weighted by Crippen LogP contribution is -2.36. The number of H-pyrrole nitrogens is 2. The molecule has 7 nitrogen and oxygen atoms in total. The highest BCUT2D eigenvalue weighted by Crippen LogP contribution is 2.31. The summed E-state index contributed by atoms with van der Waals surface area (Å²) in [4.78, 5) is 24.6. The quantitative estimate of drug-likeness (QED) is 0.483. The summed E-state index contributed by atoms with van der Waals surface area (Å²) >= 11 is 0. The zero-order valence-electron chi connectivity index (χ0n) is 15.3. The van der Waals surface area contributed by atoms with Gasteiger partial charge in [0.05, 0.1) is 41.1 Å². The van der Waals surface area contributed by atoms with E-state index in [0.29, 0.717) is 53.9 Å². The molecule has 0 unspecified atom stereocenters. The molecule has 0 radical (unpaired) electrons. The van der Waals surface area contributed by atoms with Crippen LogP contribution < -0.4 is 16.2 Å². The molecule has 4 aromatic rings. The number of morpholine rings is 1. The van der Waals surface area contributed by atoms with Crippen molar-refractivity contribution in [2.45, 2.75) is 0 Å². The second-order valence-corrected chi connectivity index (χ2v) is 6.94. The van der Waals surface area contributed by atoms with E-state index in [2.05, 4.69) is 15.0 Å². The molecule has 9 heteroatoms. The molecule has 0 atom stereocenters. The number of fused-ring (bicyclic) bond motifs is 2. The molecule has 29 heavy (non-hydrogen) atoms. The number of nitrogens with zero attached hydrogens (tertiary/aromatic N) is 2. The molecular weight excluding hydrogens is 380 g/mol. The Morgan fingerprint density at radius 1 is 1.07 bits per heavy atom. The molecule has 0 aliphatic carbocycles. The number of anilines is 2. The fraction of sp³-hybridized carbons (Fsp3) is 0.200. The first kappa shape index (κ1) is 17.6. The number of rotatable bonds is 2. The van der Waals surface area contributed by atoms with Crippen molar-refractivity contribution in [3.63, 3.8) is 0 Å². The van der Waals surface area contributed by atoms with Crippen LogP contribution in [0.5, 0.6) is 0 Å². The van der Waals surface area contributed by atoms with Crippen molar-refractivity contribution in [2.75, 3.05) is 36.9 Å². The summed E-state index contributed by atoms with van der Waals surface area (Å²) in [6, 6.07) is 6.94. The molecule has 0 bridgehead atoms. The number of nitrogen functional groups attached to an aromatic ring is 1. The molecule has 5 rings (SSSR count). The third-order valence-electron chi connectivity index (χ3n) is 5.16. The Bertz CT molecular complexity index is 1310. The number of aromatic nitrogens is 3. The van der Waals surface area contributed by atoms with Crippen molar-refractivity contribution in [1.82, 2.24) is 15.0 Å². The van der Waals surface area contributed by atoms with Crippen LogP contribution in [0.25, 0.3) is 33.3 Å². The fourth-order valence-electron chi connectivity index (χ4n) is 3.71. The SMILES string of the molecule is Nc1c(-c2nc3cc(N4CCOCC4)c(F)cc3[nH]2)c(=O)[nH]c2ccc(F)cc12. The Kier molecular flexibility index (Phi) is 3.99. The van der Waals surface area contributed by atoms with Crippen molar-refractivity contribution < 1.29 is 13.5 Å². The standard InChI is InChI=1S/C20H17F2N5O2/c21-10-1-2-13-11(7-10)18(23)17(20(28)26-13)19-24-14-8-12(22)16(9-15(14)25-19)27-3-5-29-6-4-27/h1-2,7-9H,3-6H2,(H,24,25)(H3,23,26,28). The van der Waals surface area contributed by atoms with Gasteiger partial charge in [0, 0.05) is 24.5 Å². The van der Waals surface area contributed by atoms with Gasteiger partial charge in [0.25, 0.3) is 5.56 Å². The Morgan fingerprint density at radius 2 is 1.86 bits per heavy atom. The predicted molar refractivity (Wildman–Crippen MR) is 107 cm³/mol. The average Bonchev–Trinajstić information content (AvgIpc) is 3.11. The van der Waals surface area contributed by atoms with Crippen molar-refractivity contribution >= 4 is 33.3 Å². The van der Waals surface area contributed by atoms with Gasteiger partial charge in [0.15, 0.2) is 0 Å². The van der Waals surface area contributed by atoms with E-state index < -0.39 is 17.2 Å². The minimum atomic E-state index is -0.468. The van der Waals surface area contributed by atoms with E-state index in [-0.39, 0.29) is 17.1 Å². The summed E-state index contributed by atoms with van der Waals surface area (Å²) in [5, 5.41) is 0.375. The first-order valence-electron chi connectivity index (χ1n) is 9.14. The lowest BCUT2D eigenvalue weighted by atomic mass is 10.1. The number of benzene rings is 2. The number of imidazole rings is 1. The number of halogens is 2. The Morgan fingerprint density at radius 3 is 2.66 bits per heavy atom. The number of ether oxygens (including phenoxy) is 1. The summed E-state index contributed by atoms with van der Waals surface area (Å²) < 4.78 is 33.6. The molecule has 2 aromatic heterocycles. The predicted octanol–water partition coefficient (Wildman–Crippen LogP) is 2.77. The van der Waals surface area contributed by atoms with E-state index in [9.17, 15) is 13.6 Å². The van der Waals surface area contributed by atoms with E-state index in [1.54, 1.807) is 6.07 Å². The molecule has 0 spiro atoms. The smallest absolute Gasteiger partial charge is 0.261 e. The zero-order valence-corrected chi connectivity index (χ0v) is 15.3. The van der Waals surface area contributed by atoms with Crippen molar-refractivity contribution in [2.24, 2.45) is 0 Å². The molecule has 0 saturated carbocycles. The number of aromatic amines is 2. The van der Waals surface area contributed by atoms with Gasteiger partial charge in [-0.15, -0.1) is 0 Å². The van der Waals surface area contributed by atoms with E-state index in [0.717, 1.165) is 0 Å². The Hall–Kier alpha value is -3.46. The second kappa shape index (κ2) is 6.56. The maximum atomic E-state index is 14.7. The van der Waals surface area contributed by atoms with E-state index in [4.69, 9.17) is 10.5 Å². The van der Waals surface area contributed by atoms with Crippen LogP contribution in [0.2, 0.25) is 0 Å². The van der Waals surface area contributed by atoms with Gasteiger partial charge in [-0.2, -0.15) is 0 Å². The van der Waals surface area contributed by atoms with Crippen LogP contribution in [-0.2, 0) is 4.74 Å². The summed E-state index contributed by atoms with van der Waals surface area (Å²) in [7, 11) is 0. The van der Waals surface area contributed by atoms with Gasteiger partial charge in [-0.25, -0.2) is 13.8 Å². The molecule has 1 aliphatic rings. The average molecular weight is 397 g/mol. The zero-order chi connectivity index (χ0) is 20.1. The highest BCUT2D eigenvalue weighted by Gasteiger charge is 2.20. The molecule has 1 fully saturated rings. The van der Waals surface area contributed by atoms with Crippen LogP contribution in [0.15, 0.2) is 35.1 Å². The third kappa shape index (κ3) is 2.90. The van der Waals surface area contributed by atoms with Crippen LogP contribution in [-0.4, -0.2) is 41.3 Å². The summed E-state index contributed by atoms with van der Waals surface area (Å²) in [6.07, 6.45) is 0. The van der Waals surface area contributed by atoms with Crippen LogP contribution in [0, 0.1) is 11.6 Å². The molecule has 4 N–H and O–H groups in total. The highest BCUT2D eigenvalue weighted by atomic mass is 19.1. The minimum absolute atomic E-state index is 0.0904. The van der Waals surface area contributed by atoms with E-state index in [1.165, 1.54) is 24.3 Å². The lowest BCUT2D eigenvalue weighted by molar-refractivity contribution is 0.122. The largest absolute Gasteiger partial charge is 0.397 e. The van der Waals surface area contributed by atoms with Gasteiger partial charge >= 0.3 is 0 Å². The topological polar surface area (TPSA) is 100 Å². The second-order valence-electron chi connectivity index (χ2n) is 6.94. The molecule has 1 saturated heterocycles. The van der Waals surface area contributed by atoms with Crippen molar-refractivity contribution in [3.8, 4) is 11.4 Å². The minimum Gasteiger partial charge on any atom is -0.397 e. The van der Waals surface area contributed by atoms with Crippen LogP contribution >= 0.6 is 0 Å². The third-order valence-corrected chi connectivity index (χ3v) is 5.16.